The Morgan fingerprint density at radius 1 is 1.17 bits per heavy atom. The molecule has 0 aromatic heterocycles. The normalized spacial score (nSPS) is 18.4. The fraction of sp³-hybridized carbons (Fsp3) is 0.529. The first kappa shape index (κ1) is 16.0. The Labute approximate surface area is 136 Å². The minimum Gasteiger partial charge on any atom is -0.379 e. The van der Waals surface area contributed by atoms with Gasteiger partial charge in [-0.15, -0.1) is 0 Å². The van der Waals surface area contributed by atoms with Gasteiger partial charge in [0, 0.05) is 32.1 Å². The molecule has 0 atom stereocenters. The van der Waals surface area contributed by atoms with E-state index in [0.29, 0.717) is 30.3 Å². The molecule has 6 nitrogen and oxygen atoms in total. The number of hydrogen-bond donors (Lipinski definition) is 2. The summed E-state index contributed by atoms with van der Waals surface area (Å²) in [6.45, 7) is 3.91. The Kier molecular flexibility index (Phi) is 5.25. The minimum atomic E-state index is -0.114. The average Bonchev–Trinajstić information content (AvgIpc) is 3.38. The average molecular weight is 317 g/mol. The highest BCUT2D eigenvalue weighted by molar-refractivity contribution is 6.03. The molecule has 0 spiro atoms. The standard InChI is InChI=1S/C17H23N3O3/c21-16(7-8-20-9-11-23-12-10-20)19-15-4-2-1-3-14(15)17(22)18-13-5-6-13/h1-4,13H,5-12H2,(H,18,22)(H,19,21). The molecule has 1 saturated carbocycles. The number of morpholine rings is 1. The van der Waals surface area contributed by atoms with E-state index in [1.54, 1.807) is 12.1 Å². The van der Waals surface area contributed by atoms with Crippen LogP contribution in [0.1, 0.15) is 29.6 Å². The molecule has 1 aromatic carbocycles. The van der Waals surface area contributed by atoms with Crippen molar-refractivity contribution < 1.29 is 14.3 Å². The molecule has 1 aromatic rings. The van der Waals surface area contributed by atoms with E-state index in [0.717, 1.165) is 39.1 Å². The van der Waals surface area contributed by atoms with Gasteiger partial charge in [0.1, 0.15) is 0 Å². The molecule has 2 N–H and O–H groups in total. The van der Waals surface area contributed by atoms with Crippen molar-refractivity contribution in [3.8, 4) is 0 Å². The zero-order valence-electron chi connectivity index (χ0n) is 13.2. The molecule has 1 heterocycles. The lowest BCUT2D eigenvalue weighted by Gasteiger charge is -2.26. The van der Waals surface area contributed by atoms with Crippen LogP contribution in [0.3, 0.4) is 0 Å². The van der Waals surface area contributed by atoms with E-state index in [9.17, 15) is 9.59 Å². The van der Waals surface area contributed by atoms with Crippen LogP contribution in [0.25, 0.3) is 0 Å². The van der Waals surface area contributed by atoms with Crippen LogP contribution in [0.4, 0.5) is 5.69 Å². The Morgan fingerprint density at radius 3 is 2.65 bits per heavy atom. The second-order valence-corrected chi connectivity index (χ2v) is 6.05. The molecular formula is C17H23N3O3. The number of carbonyl (C=O) groups is 2. The van der Waals surface area contributed by atoms with Gasteiger partial charge < -0.3 is 15.4 Å². The molecule has 1 saturated heterocycles. The number of nitrogens with zero attached hydrogens (tertiary/aromatic N) is 1. The predicted molar refractivity (Wildman–Crippen MR) is 87.4 cm³/mol. The fourth-order valence-electron chi connectivity index (χ4n) is 2.58. The van der Waals surface area contributed by atoms with Crippen LogP contribution in [0, 0.1) is 0 Å². The van der Waals surface area contributed by atoms with Crippen molar-refractivity contribution >= 4 is 17.5 Å². The molecule has 1 aliphatic heterocycles. The Bertz CT molecular complexity index is 566. The van der Waals surface area contributed by atoms with Crippen molar-refractivity contribution in [1.82, 2.24) is 10.2 Å². The van der Waals surface area contributed by atoms with E-state index in [-0.39, 0.29) is 11.8 Å². The first-order chi connectivity index (χ1) is 11.2. The lowest BCUT2D eigenvalue weighted by atomic mass is 10.1. The maximum Gasteiger partial charge on any atom is 0.253 e. The minimum absolute atomic E-state index is 0.0665. The number of amides is 2. The van der Waals surface area contributed by atoms with Gasteiger partial charge in [-0.2, -0.15) is 0 Å². The first-order valence-corrected chi connectivity index (χ1v) is 8.22. The zero-order chi connectivity index (χ0) is 16.1. The van der Waals surface area contributed by atoms with Gasteiger partial charge in [-0.1, -0.05) is 12.1 Å². The fourth-order valence-corrected chi connectivity index (χ4v) is 2.58. The van der Waals surface area contributed by atoms with Gasteiger partial charge in [-0.25, -0.2) is 0 Å². The van der Waals surface area contributed by atoms with Crippen molar-refractivity contribution in [3.05, 3.63) is 29.8 Å². The first-order valence-electron chi connectivity index (χ1n) is 8.22. The number of rotatable bonds is 6. The molecule has 124 valence electrons. The molecular weight excluding hydrogens is 294 g/mol. The summed E-state index contributed by atoms with van der Waals surface area (Å²) in [4.78, 5) is 26.6. The van der Waals surface area contributed by atoms with Crippen molar-refractivity contribution in [1.29, 1.82) is 0 Å². The van der Waals surface area contributed by atoms with E-state index in [1.165, 1.54) is 0 Å². The SMILES string of the molecule is O=C(CCN1CCOCC1)Nc1ccccc1C(=O)NC1CC1. The van der Waals surface area contributed by atoms with E-state index >= 15 is 0 Å². The summed E-state index contributed by atoms with van der Waals surface area (Å²) in [5.41, 5.74) is 1.11. The number of ether oxygens (including phenoxy) is 1. The van der Waals surface area contributed by atoms with Crippen LogP contribution in [0.5, 0.6) is 0 Å². The third kappa shape index (κ3) is 4.77. The summed E-state index contributed by atoms with van der Waals surface area (Å²) in [6.07, 6.45) is 2.50. The van der Waals surface area contributed by atoms with Gasteiger partial charge in [-0.3, -0.25) is 14.5 Å². The van der Waals surface area contributed by atoms with Crippen molar-refractivity contribution in [2.45, 2.75) is 25.3 Å². The van der Waals surface area contributed by atoms with Crippen LogP contribution in [-0.4, -0.2) is 55.6 Å². The smallest absolute Gasteiger partial charge is 0.253 e. The summed E-state index contributed by atoms with van der Waals surface area (Å²) in [7, 11) is 0. The van der Waals surface area contributed by atoms with Gasteiger partial charge in [0.05, 0.1) is 24.5 Å². The quantitative estimate of drug-likeness (QED) is 0.828. The van der Waals surface area contributed by atoms with Crippen LogP contribution >= 0.6 is 0 Å². The van der Waals surface area contributed by atoms with E-state index in [2.05, 4.69) is 15.5 Å². The Balaban J connectivity index is 1.53. The third-order valence-corrected chi connectivity index (χ3v) is 4.12. The third-order valence-electron chi connectivity index (χ3n) is 4.12. The van der Waals surface area contributed by atoms with Gasteiger partial charge >= 0.3 is 0 Å². The van der Waals surface area contributed by atoms with Crippen LogP contribution in [0.15, 0.2) is 24.3 Å². The maximum atomic E-state index is 12.2. The molecule has 2 amide bonds. The van der Waals surface area contributed by atoms with E-state index in [1.807, 2.05) is 12.1 Å². The number of benzene rings is 1. The van der Waals surface area contributed by atoms with Gasteiger partial charge in [0.2, 0.25) is 5.91 Å². The molecule has 2 aliphatic rings. The largest absolute Gasteiger partial charge is 0.379 e. The second-order valence-electron chi connectivity index (χ2n) is 6.05. The van der Waals surface area contributed by atoms with Crippen molar-refractivity contribution in [3.63, 3.8) is 0 Å². The van der Waals surface area contributed by atoms with Crippen LogP contribution in [-0.2, 0) is 9.53 Å². The van der Waals surface area contributed by atoms with Crippen LogP contribution in [0.2, 0.25) is 0 Å². The summed E-state index contributed by atoms with van der Waals surface area (Å²) in [5.74, 6) is -0.181. The molecule has 23 heavy (non-hydrogen) atoms. The van der Waals surface area contributed by atoms with Crippen LogP contribution < -0.4 is 10.6 Å². The predicted octanol–water partition coefficient (Wildman–Crippen LogP) is 1.24. The lowest BCUT2D eigenvalue weighted by Crippen LogP contribution is -2.38. The Morgan fingerprint density at radius 2 is 1.91 bits per heavy atom. The zero-order valence-corrected chi connectivity index (χ0v) is 13.2. The monoisotopic (exact) mass is 317 g/mol. The second kappa shape index (κ2) is 7.57. The number of anilines is 1. The maximum absolute atomic E-state index is 12.2. The summed E-state index contributed by atoms with van der Waals surface area (Å²) >= 11 is 0. The molecule has 1 aliphatic carbocycles. The highest BCUT2D eigenvalue weighted by atomic mass is 16.5. The van der Waals surface area contributed by atoms with E-state index < -0.39 is 0 Å². The number of nitrogens with one attached hydrogen (secondary N) is 2. The number of carbonyl (C=O) groups excluding carboxylic acids is 2. The topological polar surface area (TPSA) is 70.7 Å². The molecule has 6 heteroatoms. The van der Waals surface area contributed by atoms with E-state index in [4.69, 9.17) is 4.74 Å². The summed E-state index contributed by atoms with van der Waals surface area (Å²) in [6, 6.07) is 7.45. The van der Waals surface area contributed by atoms with Gasteiger partial charge in [0.25, 0.3) is 5.91 Å². The molecule has 0 radical (unpaired) electrons. The molecule has 3 rings (SSSR count). The van der Waals surface area contributed by atoms with Gasteiger partial charge in [-0.05, 0) is 25.0 Å². The summed E-state index contributed by atoms with van der Waals surface area (Å²) < 4.78 is 5.29. The lowest BCUT2D eigenvalue weighted by molar-refractivity contribution is -0.116. The van der Waals surface area contributed by atoms with Crippen molar-refractivity contribution in [2.24, 2.45) is 0 Å². The molecule has 2 fully saturated rings. The molecule has 0 bridgehead atoms. The number of hydrogen-bond acceptors (Lipinski definition) is 4. The molecule has 0 unspecified atom stereocenters. The van der Waals surface area contributed by atoms with Gasteiger partial charge in [0.15, 0.2) is 0 Å². The summed E-state index contributed by atoms with van der Waals surface area (Å²) in [5, 5.41) is 5.82. The Hall–Kier alpha value is -1.92. The highest BCUT2D eigenvalue weighted by Gasteiger charge is 2.25. The number of para-hydroxylation sites is 1. The highest BCUT2D eigenvalue weighted by Crippen LogP contribution is 2.21. The van der Waals surface area contributed by atoms with Crippen molar-refractivity contribution in [2.75, 3.05) is 38.2 Å².